The number of carbonyl (C=O) groups is 2. The Bertz CT molecular complexity index is 1090. The summed E-state index contributed by atoms with van der Waals surface area (Å²) in [7, 11) is 2.78. The third-order valence-electron chi connectivity index (χ3n) is 5.34. The monoisotopic (exact) mass is 434 g/mol. The molecule has 0 saturated heterocycles. The van der Waals surface area contributed by atoms with Crippen LogP contribution in [0.15, 0.2) is 22.3 Å². The van der Waals surface area contributed by atoms with Crippen LogP contribution in [0, 0.1) is 5.92 Å². The molecule has 9 nitrogen and oxygen atoms in total. The van der Waals surface area contributed by atoms with Gasteiger partial charge < -0.3 is 23.7 Å². The minimum Gasteiger partial charge on any atom is -0.496 e. The fraction of sp³-hybridized carbons (Fsp3) is 0.400. The topological polar surface area (TPSA) is 121 Å². The van der Waals surface area contributed by atoms with Gasteiger partial charge in [0.2, 0.25) is 23.2 Å². The number of hydrogen-bond donors (Lipinski definition) is 1. The van der Waals surface area contributed by atoms with Crippen molar-refractivity contribution in [1.82, 2.24) is 10.2 Å². The molecule has 1 aliphatic carbocycles. The van der Waals surface area contributed by atoms with Crippen LogP contribution in [0.3, 0.4) is 0 Å². The van der Waals surface area contributed by atoms with E-state index in [9.17, 15) is 14.7 Å². The third kappa shape index (κ3) is 2.73. The highest BCUT2D eigenvalue weighted by molar-refractivity contribution is 6.36. The van der Waals surface area contributed by atoms with Gasteiger partial charge in [-0.05, 0) is 13.0 Å². The van der Waals surface area contributed by atoms with E-state index in [1.54, 1.807) is 6.92 Å². The fourth-order valence-corrected chi connectivity index (χ4v) is 4.11. The Morgan fingerprint density at radius 2 is 2.03 bits per heavy atom. The maximum absolute atomic E-state index is 13.6. The molecular formula is C20H19ClN2O7. The Hall–Kier alpha value is -2.91. The number of ether oxygens (including phenoxy) is 3. The maximum Gasteiger partial charge on any atom is 0.249 e. The first kappa shape index (κ1) is 20.4. The van der Waals surface area contributed by atoms with Gasteiger partial charge in [-0.15, -0.1) is 10.2 Å². The number of fused-ring (bicyclic) bond motifs is 1. The van der Waals surface area contributed by atoms with E-state index in [0.29, 0.717) is 0 Å². The van der Waals surface area contributed by atoms with E-state index in [2.05, 4.69) is 10.2 Å². The summed E-state index contributed by atoms with van der Waals surface area (Å²) in [6.45, 7) is 3.22. The third-order valence-corrected chi connectivity index (χ3v) is 5.72. The Labute approximate surface area is 176 Å². The summed E-state index contributed by atoms with van der Waals surface area (Å²) in [4.78, 5) is 25.6. The van der Waals surface area contributed by atoms with E-state index in [0.717, 1.165) is 0 Å². The number of Topliss-reactive ketones (excluding diaryl/α,β-unsaturated/α-hetero) is 1. The van der Waals surface area contributed by atoms with Crippen LogP contribution in [0.1, 0.15) is 42.6 Å². The van der Waals surface area contributed by atoms with Crippen molar-refractivity contribution in [1.29, 1.82) is 0 Å². The van der Waals surface area contributed by atoms with Gasteiger partial charge in [0.15, 0.2) is 17.3 Å². The van der Waals surface area contributed by atoms with Crippen molar-refractivity contribution in [2.75, 3.05) is 14.2 Å². The van der Waals surface area contributed by atoms with Crippen LogP contribution in [0.5, 0.6) is 11.5 Å². The molecule has 30 heavy (non-hydrogen) atoms. The molecule has 2 aliphatic rings. The van der Waals surface area contributed by atoms with Gasteiger partial charge in [-0.25, -0.2) is 0 Å². The Morgan fingerprint density at radius 1 is 1.30 bits per heavy atom. The molecule has 0 bridgehead atoms. The number of halogens is 1. The molecule has 1 aromatic carbocycles. The molecule has 0 radical (unpaired) electrons. The number of ketones is 2. The van der Waals surface area contributed by atoms with Gasteiger partial charge in [0.25, 0.3) is 0 Å². The lowest BCUT2D eigenvalue weighted by atomic mass is 9.75. The SMILES string of the molecule is COC1=CC(=O)C[C@@H](C)[C@]12Oc1c(Cl)c(-c3nnc([C@H](C)O)o3)cc(OC)c1C2=O. The average Bonchev–Trinajstić information content (AvgIpc) is 3.31. The molecule has 3 atom stereocenters. The quantitative estimate of drug-likeness (QED) is 0.773. The number of nitrogens with zero attached hydrogens (tertiary/aromatic N) is 2. The number of aromatic nitrogens is 2. The van der Waals surface area contributed by atoms with Gasteiger partial charge in [-0.1, -0.05) is 18.5 Å². The van der Waals surface area contributed by atoms with Gasteiger partial charge in [0.05, 0.1) is 24.8 Å². The highest BCUT2D eigenvalue weighted by atomic mass is 35.5. The molecule has 1 N–H and O–H groups in total. The predicted molar refractivity (Wildman–Crippen MR) is 103 cm³/mol. The standard InChI is InChI=1S/C20H19ClN2O7/c1-8-5-10(25)6-13(28-4)20(8)17(26)14-12(27-3)7-11(15(21)16(14)30-20)19-23-22-18(29-19)9(2)24/h6-9,24H,5H2,1-4H3/t8-,9+,20+/m1/s1. The smallest absolute Gasteiger partial charge is 0.249 e. The van der Waals surface area contributed by atoms with Gasteiger partial charge in [-0.3, -0.25) is 9.59 Å². The van der Waals surface area contributed by atoms with Crippen molar-refractivity contribution < 1.29 is 33.3 Å². The minimum absolute atomic E-state index is 0.0121. The second kappa shape index (κ2) is 7.10. The van der Waals surface area contributed by atoms with E-state index in [-0.39, 0.29) is 57.4 Å². The predicted octanol–water partition coefficient (Wildman–Crippen LogP) is 2.91. The highest BCUT2D eigenvalue weighted by Gasteiger charge is 2.59. The van der Waals surface area contributed by atoms with E-state index in [4.69, 9.17) is 30.2 Å². The van der Waals surface area contributed by atoms with Crippen molar-refractivity contribution in [2.24, 2.45) is 5.92 Å². The van der Waals surface area contributed by atoms with E-state index < -0.39 is 23.4 Å². The van der Waals surface area contributed by atoms with Crippen LogP contribution in [0.4, 0.5) is 0 Å². The van der Waals surface area contributed by atoms with Crippen molar-refractivity contribution in [3.8, 4) is 23.0 Å². The number of allylic oxidation sites excluding steroid dienone is 1. The summed E-state index contributed by atoms with van der Waals surface area (Å²) in [6.07, 6.45) is 0.427. The molecular weight excluding hydrogens is 416 g/mol. The van der Waals surface area contributed by atoms with E-state index in [1.807, 2.05) is 0 Å². The molecule has 0 saturated carbocycles. The first-order chi connectivity index (χ1) is 14.2. The molecule has 0 unspecified atom stereocenters. The lowest BCUT2D eigenvalue weighted by molar-refractivity contribution is -0.118. The van der Waals surface area contributed by atoms with E-state index in [1.165, 1.54) is 33.3 Å². The lowest BCUT2D eigenvalue weighted by Gasteiger charge is -2.36. The van der Waals surface area contributed by atoms with Gasteiger partial charge in [-0.2, -0.15) is 0 Å². The highest BCUT2D eigenvalue weighted by Crippen LogP contribution is 2.54. The normalized spacial score (nSPS) is 23.8. The molecule has 4 rings (SSSR count). The number of methoxy groups -OCH3 is 2. The van der Waals surface area contributed by atoms with E-state index >= 15 is 0 Å². The largest absolute Gasteiger partial charge is 0.496 e. The summed E-state index contributed by atoms with van der Waals surface area (Å²) in [5.41, 5.74) is -1.11. The zero-order valence-corrected chi connectivity index (χ0v) is 17.4. The zero-order chi connectivity index (χ0) is 21.8. The summed E-state index contributed by atoms with van der Waals surface area (Å²) in [5.74, 6) is -0.639. The molecule has 158 valence electrons. The Kier molecular flexibility index (Phi) is 4.82. The number of benzene rings is 1. The molecule has 0 fully saturated rings. The fourth-order valence-electron chi connectivity index (χ4n) is 3.84. The summed E-state index contributed by atoms with van der Waals surface area (Å²) in [5, 5.41) is 17.4. The number of aliphatic hydroxyl groups is 1. The maximum atomic E-state index is 13.6. The molecule has 2 heterocycles. The first-order valence-electron chi connectivity index (χ1n) is 9.19. The number of aliphatic hydroxyl groups excluding tert-OH is 1. The van der Waals surface area contributed by atoms with Crippen LogP contribution in [0.25, 0.3) is 11.5 Å². The average molecular weight is 435 g/mol. The second-order valence-electron chi connectivity index (χ2n) is 7.22. The van der Waals surface area contributed by atoms with Crippen molar-refractivity contribution in [2.45, 2.75) is 32.0 Å². The number of carbonyl (C=O) groups excluding carboxylic acids is 2. The van der Waals surface area contributed by atoms with Gasteiger partial charge in [0, 0.05) is 18.4 Å². The molecule has 10 heteroatoms. The number of rotatable bonds is 4. The zero-order valence-electron chi connectivity index (χ0n) is 16.7. The first-order valence-corrected chi connectivity index (χ1v) is 9.57. The lowest BCUT2D eigenvalue weighted by Crippen LogP contribution is -2.51. The van der Waals surface area contributed by atoms with Crippen LogP contribution >= 0.6 is 11.6 Å². The Balaban J connectivity index is 1.91. The Morgan fingerprint density at radius 3 is 2.63 bits per heavy atom. The molecule has 1 aliphatic heterocycles. The van der Waals surface area contributed by atoms with Crippen LogP contribution < -0.4 is 9.47 Å². The van der Waals surface area contributed by atoms with Crippen LogP contribution in [0.2, 0.25) is 5.02 Å². The minimum atomic E-state index is -1.53. The van der Waals surface area contributed by atoms with Gasteiger partial charge >= 0.3 is 0 Å². The summed E-state index contributed by atoms with van der Waals surface area (Å²) >= 11 is 6.59. The molecule has 1 spiro atoms. The van der Waals surface area contributed by atoms with Crippen LogP contribution in [-0.4, -0.2) is 46.7 Å². The van der Waals surface area contributed by atoms with Crippen molar-refractivity contribution >= 4 is 23.2 Å². The summed E-state index contributed by atoms with van der Waals surface area (Å²) < 4.78 is 22.4. The van der Waals surface area contributed by atoms with Crippen molar-refractivity contribution in [3.63, 3.8) is 0 Å². The molecule has 0 amide bonds. The summed E-state index contributed by atoms with van der Waals surface area (Å²) in [6, 6.07) is 1.50. The van der Waals surface area contributed by atoms with Crippen LogP contribution in [-0.2, 0) is 9.53 Å². The number of hydrogen-bond acceptors (Lipinski definition) is 9. The molecule has 2 aromatic rings. The second-order valence-corrected chi connectivity index (χ2v) is 7.59. The van der Waals surface area contributed by atoms with Gasteiger partial charge in [0.1, 0.15) is 17.4 Å². The van der Waals surface area contributed by atoms with Crippen molar-refractivity contribution in [3.05, 3.63) is 34.4 Å². The molecule has 1 aromatic heterocycles.